The van der Waals surface area contributed by atoms with Crippen molar-refractivity contribution in [1.29, 1.82) is 0 Å². The van der Waals surface area contributed by atoms with Crippen LogP contribution < -0.4 is 20.6 Å². The SMILES string of the molecule is Cc1cc2c3c(c1)N(c1cc4oc5cc6c(cc5c4cc1C)C(C)(C)CCC6(C)C)c1cc4oc5cc6c(cc5c4cc1B3N(c1ccc(-c3ccccc3)cc1)c1c-2ccc2ccccc12)C(C)(C)CCC6(C)C. The maximum Gasteiger partial charge on any atom is 0.333 e. The third-order valence-electron chi connectivity index (χ3n) is 18.9. The lowest BCUT2D eigenvalue weighted by Crippen LogP contribution is -2.61. The van der Waals surface area contributed by atoms with Crippen LogP contribution in [0.3, 0.4) is 0 Å². The second-order valence-electron chi connectivity index (χ2n) is 25.5. The summed E-state index contributed by atoms with van der Waals surface area (Å²) in [7, 11) is 0. The summed E-state index contributed by atoms with van der Waals surface area (Å²) in [6, 6.07) is 57.9. The van der Waals surface area contributed by atoms with Crippen molar-refractivity contribution in [3.05, 3.63) is 185 Å². The normalized spacial score (nSPS) is 17.6. The minimum atomic E-state index is -0.182. The van der Waals surface area contributed by atoms with Crippen molar-refractivity contribution in [1.82, 2.24) is 0 Å². The third-order valence-corrected chi connectivity index (χ3v) is 18.9. The van der Waals surface area contributed by atoms with Gasteiger partial charge in [-0.1, -0.05) is 146 Å². The van der Waals surface area contributed by atoms with Gasteiger partial charge in [-0.15, -0.1) is 0 Å². The number of anilines is 5. The van der Waals surface area contributed by atoms with Crippen LogP contribution in [0.2, 0.25) is 0 Å². The smallest absolute Gasteiger partial charge is 0.333 e. The highest BCUT2D eigenvalue weighted by Gasteiger charge is 2.47. The monoisotopic (exact) mass is 974 g/mol. The molecule has 2 aliphatic heterocycles. The first-order valence-electron chi connectivity index (χ1n) is 27.4. The zero-order chi connectivity index (χ0) is 51.2. The quantitative estimate of drug-likeness (QED) is 0.165. The molecule has 368 valence electrons. The molecule has 0 fully saturated rings. The lowest BCUT2D eigenvalue weighted by molar-refractivity contribution is 0.332. The molecule has 75 heavy (non-hydrogen) atoms. The Morgan fingerprint density at radius 3 is 1.57 bits per heavy atom. The van der Waals surface area contributed by atoms with E-state index in [1.54, 1.807) is 0 Å². The zero-order valence-corrected chi connectivity index (χ0v) is 45.1. The number of benzene rings is 9. The second kappa shape index (κ2) is 15.1. The van der Waals surface area contributed by atoms with E-state index in [4.69, 9.17) is 8.83 Å². The molecule has 15 rings (SSSR count). The predicted octanol–water partition coefficient (Wildman–Crippen LogP) is 18.3. The van der Waals surface area contributed by atoms with Crippen molar-refractivity contribution in [3.8, 4) is 22.3 Å². The van der Waals surface area contributed by atoms with E-state index in [0.29, 0.717) is 0 Å². The predicted molar refractivity (Wildman–Crippen MR) is 318 cm³/mol. The fourth-order valence-corrected chi connectivity index (χ4v) is 14.4. The number of aryl methyl sites for hydroxylation is 2. The van der Waals surface area contributed by atoms with Gasteiger partial charge in [0.2, 0.25) is 0 Å². The Morgan fingerprint density at radius 2 is 0.947 bits per heavy atom. The van der Waals surface area contributed by atoms with Gasteiger partial charge in [-0.25, -0.2) is 0 Å². The number of hydrogen-bond donors (Lipinski definition) is 0. The highest BCUT2D eigenvalue weighted by atomic mass is 16.3. The Morgan fingerprint density at radius 1 is 0.427 bits per heavy atom. The molecule has 0 radical (unpaired) electrons. The molecule has 0 bridgehead atoms. The molecule has 0 saturated heterocycles. The summed E-state index contributed by atoms with van der Waals surface area (Å²) >= 11 is 0. The average molecular weight is 975 g/mol. The van der Waals surface area contributed by atoms with Gasteiger partial charge in [-0.05, 0) is 176 Å². The molecule has 0 atom stereocenters. The van der Waals surface area contributed by atoms with Crippen LogP contribution >= 0.6 is 0 Å². The van der Waals surface area contributed by atoms with Gasteiger partial charge in [0.05, 0.1) is 5.69 Å². The molecule has 0 N–H and O–H groups in total. The fraction of sp³-hybridized carbons (Fsp3) is 0.257. The maximum atomic E-state index is 7.19. The van der Waals surface area contributed by atoms with Crippen molar-refractivity contribution < 1.29 is 8.83 Å². The Balaban J connectivity index is 1.04. The Labute approximate surface area is 441 Å². The molecule has 0 amide bonds. The van der Waals surface area contributed by atoms with Crippen LogP contribution in [-0.4, -0.2) is 6.85 Å². The van der Waals surface area contributed by atoms with Gasteiger partial charge in [-0.3, -0.25) is 0 Å². The molecule has 0 spiro atoms. The highest BCUT2D eigenvalue weighted by Crippen LogP contribution is 2.54. The number of hydrogen-bond acceptors (Lipinski definition) is 4. The van der Waals surface area contributed by atoms with Crippen LogP contribution in [0.5, 0.6) is 0 Å². The van der Waals surface area contributed by atoms with Crippen LogP contribution in [0.25, 0.3) is 76.9 Å². The van der Waals surface area contributed by atoms with Crippen molar-refractivity contribution in [3.63, 3.8) is 0 Å². The molecule has 9 aromatic carbocycles. The summed E-state index contributed by atoms with van der Waals surface area (Å²) in [5, 5.41) is 7.18. The zero-order valence-electron chi connectivity index (χ0n) is 45.1. The van der Waals surface area contributed by atoms with E-state index in [1.807, 2.05) is 0 Å². The third kappa shape index (κ3) is 6.37. The number of rotatable bonds is 3. The molecule has 5 heteroatoms. The Bertz CT molecular complexity index is 4280. The molecular formula is C70H63BN2O2. The van der Waals surface area contributed by atoms with Gasteiger partial charge < -0.3 is 18.5 Å². The lowest BCUT2D eigenvalue weighted by atomic mass is 9.43. The van der Waals surface area contributed by atoms with Gasteiger partial charge >= 0.3 is 6.85 Å². The summed E-state index contributed by atoms with van der Waals surface area (Å²) < 4.78 is 14.3. The molecular weight excluding hydrogens is 912 g/mol. The van der Waals surface area contributed by atoms with Gasteiger partial charge in [0.25, 0.3) is 0 Å². The van der Waals surface area contributed by atoms with E-state index in [0.717, 1.165) is 64.0 Å². The highest BCUT2D eigenvalue weighted by molar-refractivity contribution is 6.94. The first kappa shape index (κ1) is 44.9. The minimum Gasteiger partial charge on any atom is -0.456 e. The lowest BCUT2D eigenvalue weighted by Gasteiger charge is -2.46. The molecule has 2 aliphatic carbocycles. The average Bonchev–Trinajstić information content (AvgIpc) is 4.10. The van der Waals surface area contributed by atoms with Crippen LogP contribution in [0, 0.1) is 13.8 Å². The molecule has 4 aliphatic rings. The molecule has 4 heterocycles. The van der Waals surface area contributed by atoms with E-state index < -0.39 is 0 Å². The summed E-state index contributed by atoms with van der Waals surface area (Å²) in [6.45, 7) is 23.7. The van der Waals surface area contributed by atoms with Crippen molar-refractivity contribution in [2.75, 3.05) is 9.71 Å². The Kier molecular flexibility index (Phi) is 9.04. The van der Waals surface area contributed by atoms with Gasteiger partial charge in [-0.2, -0.15) is 0 Å². The fourth-order valence-electron chi connectivity index (χ4n) is 14.4. The van der Waals surface area contributed by atoms with E-state index >= 15 is 0 Å². The van der Waals surface area contributed by atoms with Crippen LogP contribution in [0.15, 0.2) is 160 Å². The van der Waals surface area contributed by atoms with Crippen LogP contribution in [-0.2, 0) is 21.7 Å². The molecule has 4 nitrogen and oxygen atoms in total. The Hall–Kier alpha value is -7.50. The van der Waals surface area contributed by atoms with Crippen molar-refractivity contribution >= 4 is 101 Å². The van der Waals surface area contributed by atoms with Crippen molar-refractivity contribution in [2.45, 2.75) is 117 Å². The summed E-state index contributed by atoms with van der Waals surface area (Å²) in [5.74, 6) is 0. The van der Waals surface area contributed by atoms with Gasteiger partial charge in [0, 0.05) is 67.4 Å². The van der Waals surface area contributed by atoms with Crippen LogP contribution in [0.1, 0.15) is 114 Å². The first-order chi connectivity index (χ1) is 35.9. The number of fused-ring (bicyclic) bond motifs is 14. The largest absolute Gasteiger partial charge is 0.456 e. The van der Waals surface area contributed by atoms with Gasteiger partial charge in [0.15, 0.2) is 0 Å². The molecule has 11 aromatic rings. The molecule has 2 aromatic heterocycles. The molecule has 0 unspecified atom stereocenters. The minimum absolute atomic E-state index is 0.0504. The van der Waals surface area contributed by atoms with Crippen molar-refractivity contribution in [2.24, 2.45) is 0 Å². The topological polar surface area (TPSA) is 32.8 Å². The number of furan rings is 2. The van der Waals surface area contributed by atoms with Gasteiger partial charge in [0.1, 0.15) is 22.3 Å². The first-order valence-corrected chi connectivity index (χ1v) is 27.4. The summed E-state index contributed by atoms with van der Waals surface area (Å²) in [6.07, 6.45) is 4.63. The maximum absolute atomic E-state index is 7.19. The van der Waals surface area contributed by atoms with E-state index in [2.05, 4.69) is 231 Å². The second-order valence-corrected chi connectivity index (χ2v) is 25.5. The summed E-state index contributed by atoms with van der Waals surface area (Å²) in [4.78, 5) is 5.23. The molecule has 0 saturated carbocycles. The van der Waals surface area contributed by atoms with E-state index in [-0.39, 0.29) is 28.5 Å². The summed E-state index contributed by atoms with van der Waals surface area (Å²) in [5.41, 5.74) is 25.4. The van der Waals surface area contributed by atoms with E-state index in [9.17, 15) is 0 Å². The standard InChI is InChI=1S/C70H63BN2O2/c1-40-30-52-47-25-22-44-18-14-15-19-46(44)66(47)73(45-23-20-43(21-24-45)42-16-12-11-13-17-42)71-57-35-51-50-34-54-56(70(9,10)29-27-68(54,5)6)37-62(50)75-64(51)39-59(57)72(60(31-40)65(52)71)58-38-63-48(32-41(58)2)49-33-53-55(36-61(49)74-63)69(7,8)28-26-67(53,3)4/h11-25,30-39H,26-29H2,1-10H3. The number of nitrogens with zero attached hydrogens (tertiary/aromatic N) is 2. The van der Waals surface area contributed by atoms with E-state index in [1.165, 1.54) is 111 Å². The van der Waals surface area contributed by atoms with Crippen LogP contribution in [0.4, 0.5) is 28.4 Å².